The third-order valence-corrected chi connectivity index (χ3v) is 4.98. The maximum Gasteiger partial charge on any atom is 0.226 e. The highest BCUT2D eigenvalue weighted by Crippen LogP contribution is 2.28. The van der Waals surface area contributed by atoms with Gasteiger partial charge in [-0.3, -0.25) is 9.69 Å². The molecule has 22 heavy (non-hydrogen) atoms. The summed E-state index contributed by atoms with van der Waals surface area (Å²) in [6, 6.07) is 4.93. The van der Waals surface area contributed by atoms with E-state index < -0.39 is 0 Å². The van der Waals surface area contributed by atoms with Gasteiger partial charge in [0.05, 0.1) is 12.5 Å². The van der Waals surface area contributed by atoms with E-state index in [1.54, 1.807) is 7.11 Å². The van der Waals surface area contributed by atoms with Crippen LogP contribution in [0.4, 0.5) is 0 Å². The first-order chi connectivity index (χ1) is 10.8. The fourth-order valence-electron chi connectivity index (χ4n) is 3.76. The van der Waals surface area contributed by atoms with Gasteiger partial charge in [-0.05, 0) is 25.0 Å². The van der Waals surface area contributed by atoms with Crippen molar-refractivity contribution in [3.63, 3.8) is 0 Å². The monoisotopic (exact) mass is 305 g/mol. The lowest BCUT2D eigenvalue weighted by molar-refractivity contribution is -0.126. The maximum atomic E-state index is 12.5. The van der Waals surface area contributed by atoms with Crippen LogP contribution in [0.25, 0.3) is 0 Å². The fourth-order valence-corrected chi connectivity index (χ4v) is 3.76. The van der Waals surface area contributed by atoms with Gasteiger partial charge in [-0.2, -0.15) is 0 Å². The minimum atomic E-state index is 0.0195. The van der Waals surface area contributed by atoms with Crippen LogP contribution in [0.5, 0.6) is 0 Å². The molecule has 0 radical (unpaired) electrons. The molecule has 5 nitrogen and oxygen atoms in total. The zero-order valence-electron chi connectivity index (χ0n) is 13.5. The number of amides is 1. The molecule has 1 aromatic heterocycles. The predicted molar refractivity (Wildman–Crippen MR) is 85.5 cm³/mol. The van der Waals surface area contributed by atoms with E-state index in [4.69, 9.17) is 4.74 Å². The molecule has 1 aromatic rings. The van der Waals surface area contributed by atoms with Crippen LogP contribution >= 0.6 is 0 Å². The van der Waals surface area contributed by atoms with Crippen molar-refractivity contribution in [3.8, 4) is 0 Å². The summed E-state index contributed by atoms with van der Waals surface area (Å²) in [7, 11) is 1.66. The van der Waals surface area contributed by atoms with E-state index in [1.165, 1.54) is 31.4 Å². The third-order valence-electron chi connectivity index (χ3n) is 4.98. The summed E-state index contributed by atoms with van der Waals surface area (Å²) in [5.74, 6) is 0.174. The molecule has 0 spiro atoms. The molecule has 0 bridgehead atoms. The molecule has 2 aliphatic rings. The van der Waals surface area contributed by atoms with Crippen molar-refractivity contribution >= 4 is 5.91 Å². The van der Waals surface area contributed by atoms with Gasteiger partial charge in [0, 0.05) is 51.2 Å². The van der Waals surface area contributed by atoms with Crippen molar-refractivity contribution in [2.75, 3.05) is 26.8 Å². The first kappa shape index (κ1) is 15.6. The second kappa shape index (κ2) is 7.29. The molecule has 122 valence electrons. The Kier molecular flexibility index (Phi) is 5.16. The summed E-state index contributed by atoms with van der Waals surface area (Å²) in [6.07, 6.45) is 7.31. The Morgan fingerprint density at radius 2 is 2.18 bits per heavy atom. The highest BCUT2D eigenvalue weighted by Gasteiger charge is 2.31. The van der Waals surface area contributed by atoms with Crippen molar-refractivity contribution in [1.82, 2.24) is 14.8 Å². The molecular formula is C17H27N3O2. The molecule has 5 heteroatoms. The van der Waals surface area contributed by atoms with Gasteiger partial charge in [0.1, 0.15) is 0 Å². The molecule has 0 saturated heterocycles. The summed E-state index contributed by atoms with van der Waals surface area (Å²) < 4.78 is 7.27. The first-order valence-corrected chi connectivity index (χ1v) is 8.42. The molecule has 1 N–H and O–H groups in total. The van der Waals surface area contributed by atoms with Crippen LogP contribution < -0.4 is 5.32 Å². The molecule has 1 unspecified atom stereocenters. The molecule has 1 aliphatic carbocycles. The maximum absolute atomic E-state index is 12.5. The Labute approximate surface area is 132 Å². The number of nitrogens with one attached hydrogen (secondary N) is 1. The summed E-state index contributed by atoms with van der Waals surface area (Å²) in [6.45, 7) is 3.78. The van der Waals surface area contributed by atoms with E-state index in [1.807, 2.05) is 0 Å². The number of hydrogen-bond donors (Lipinski definition) is 1. The van der Waals surface area contributed by atoms with Gasteiger partial charge in [-0.25, -0.2) is 0 Å². The van der Waals surface area contributed by atoms with Crippen molar-refractivity contribution in [3.05, 3.63) is 24.0 Å². The van der Waals surface area contributed by atoms with E-state index in [9.17, 15) is 4.79 Å². The van der Waals surface area contributed by atoms with Crippen LogP contribution in [-0.2, 0) is 22.6 Å². The Bertz CT molecular complexity index is 494. The molecular weight excluding hydrogens is 278 g/mol. The largest absolute Gasteiger partial charge is 0.383 e. The SMILES string of the molecule is COCCNC(=O)C1CN(C2CCCC2)Cc2cccn2C1. The van der Waals surface area contributed by atoms with E-state index in [0.29, 0.717) is 19.2 Å². The van der Waals surface area contributed by atoms with Crippen molar-refractivity contribution in [1.29, 1.82) is 0 Å². The minimum Gasteiger partial charge on any atom is -0.383 e. The number of nitrogens with zero attached hydrogens (tertiary/aromatic N) is 2. The Morgan fingerprint density at radius 1 is 1.36 bits per heavy atom. The van der Waals surface area contributed by atoms with Crippen molar-refractivity contribution in [2.24, 2.45) is 5.92 Å². The van der Waals surface area contributed by atoms with Crippen molar-refractivity contribution < 1.29 is 9.53 Å². The van der Waals surface area contributed by atoms with Crippen LogP contribution in [0.1, 0.15) is 31.4 Å². The second-order valence-electron chi connectivity index (χ2n) is 6.50. The van der Waals surface area contributed by atoms with Gasteiger partial charge in [0.15, 0.2) is 0 Å². The summed E-state index contributed by atoms with van der Waals surface area (Å²) in [4.78, 5) is 15.0. The van der Waals surface area contributed by atoms with E-state index in [2.05, 4.69) is 33.1 Å². The zero-order chi connectivity index (χ0) is 15.4. The number of aromatic nitrogens is 1. The van der Waals surface area contributed by atoms with Crippen LogP contribution in [0, 0.1) is 5.92 Å². The summed E-state index contributed by atoms with van der Waals surface area (Å²) in [5.41, 5.74) is 1.33. The fraction of sp³-hybridized carbons (Fsp3) is 0.706. The number of fused-ring (bicyclic) bond motifs is 1. The first-order valence-electron chi connectivity index (χ1n) is 8.42. The molecule has 1 atom stereocenters. The quantitative estimate of drug-likeness (QED) is 0.841. The summed E-state index contributed by atoms with van der Waals surface area (Å²) in [5, 5.41) is 3.01. The van der Waals surface area contributed by atoms with Crippen LogP contribution in [0.2, 0.25) is 0 Å². The molecule has 2 heterocycles. The topological polar surface area (TPSA) is 46.5 Å². The average molecular weight is 305 g/mol. The van der Waals surface area contributed by atoms with E-state index >= 15 is 0 Å². The molecule has 1 amide bonds. The van der Waals surface area contributed by atoms with E-state index in [-0.39, 0.29) is 11.8 Å². The van der Waals surface area contributed by atoms with Gasteiger partial charge in [0.2, 0.25) is 5.91 Å². The zero-order valence-corrected chi connectivity index (χ0v) is 13.5. The number of hydrogen-bond acceptors (Lipinski definition) is 3. The smallest absolute Gasteiger partial charge is 0.226 e. The van der Waals surface area contributed by atoms with Gasteiger partial charge in [-0.1, -0.05) is 12.8 Å². The Balaban J connectivity index is 1.70. The average Bonchev–Trinajstić information content (AvgIpc) is 3.16. The summed E-state index contributed by atoms with van der Waals surface area (Å²) >= 11 is 0. The minimum absolute atomic E-state index is 0.0195. The number of ether oxygens (including phenoxy) is 1. The number of carbonyl (C=O) groups is 1. The predicted octanol–water partition coefficient (Wildman–Crippen LogP) is 1.63. The van der Waals surface area contributed by atoms with E-state index in [0.717, 1.165) is 19.6 Å². The molecule has 3 rings (SSSR count). The number of rotatable bonds is 5. The van der Waals surface area contributed by atoms with Crippen LogP contribution in [0.15, 0.2) is 18.3 Å². The lowest BCUT2D eigenvalue weighted by Gasteiger charge is -2.29. The lowest BCUT2D eigenvalue weighted by atomic mass is 10.1. The third kappa shape index (κ3) is 3.52. The van der Waals surface area contributed by atoms with Gasteiger partial charge in [0.25, 0.3) is 0 Å². The van der Waals surface area contributed by atoms with Gasteiger partial charge < -0.3 is 14.6 Å². The Hall–Kier alpha value is -1.33. The van der Waals surface area contributed by atoms with Crippen LogP contribution in [0.3, 0.4) is 0 Å². The normalized spacial score (nSPS) is 23.2. The van der Waals surface area contributed by atoms with Crippen molar-refractivity contribution in [2.45, 2.75) is 44.8 Å². The highest BCUT2D eigenvalue weighted by atomic mass is 16.5. The molecule has 1 saturated carbocycles. The lowest BCUT2D eigenvalue weighted by Crippen LogP contribution is -2.42. The highest BCUT2D eigenvalue weighted by molar-refractivity contribution is 5.78. The molecule has 1 aliphatic heterocycles. The standard InChI is InChI=1S/C17H27N3O2/c1-22-10-8-18-17(21)14-11-19-9-4-7-16(19)13-20(12-14)15-5-2-3-6-15/h4,7,9,14-15H,2-3,5-6,8,10-13H2,1H3,(H,18,21). The second-order valence-corrected chi connectivity index (χ2v) is 6.50. The van der Waals surface area contributed by atoms with Gasteiger partial charge >= 0.3 is 0 Å². The van der Waals surface area contributed by atoms with Crippen LogP contribution in [-0.4, -0.2) is 48.2 Å². The molecule has 1 fully saturated rings. The molecule has 0 aromatic carbocycles. The number of methoxy groups -OCH3 is 1. The van der Waals surface area contributed by atoms with Gasteiger partial charge in [-0.15, -0.1) is 0 Å². The number of carbonyl (C=O) groups excluding carboxylic acids is 1. The Morgan fingerprint density at radius 3 is 2.95 bits per heavy atom.